The lowest BCUT2D eigenvalue weighted by molar-refractivity contribution is -0.142. The summed E-state index contributed by atoms with van der Waals surface area (Å²) in [6.07, 6.45) is 1.30. The van der Waals surface area contributed by atoms with E-state index in [1.165, 1.54) is 0 Å². The Morgan fingerprint density at radius 2 is 1.83 bits per heavy atom. The number of carboxylic acids is 1. The second-order valence-corrected chi connectivity index (χ2v) is 8.86. The van der Waals surface area contributed by atoms with Crippen molar-refractivity contribution in [2.75, 3.05) is 31.3 Å². The molecule has 1 saturated heterocycles. The maximum Gasteiger partial charge on any atom is 0.306 e. The molecule has 0 spiro atoms. The minimum absolute atomic E-state index is 0.0578. The van der Waals surface area contributed by atoms with E-state index in [2.05, 4.69) is 17.0 Å². The van der Waals surface area contributed by atoms with E-state index in [0.29, 0.717) is 24.5 Å². The van der Waals surface area contributed by atoms with Crippen LogP contribution in [-0.2, 0) is 4.79 Å². The quantitative estimate of drug-likeness (QED) is 0.348. The van der Waals surface area contributed by atoms with Gasteiger partial charge in [-0.25, -0.2) is 9.37 Å². The summed E-state index contributed by atoms with van der Waals surface area (Å²) in [7, 11) is 0. The second-order valence-electron chi connectivity index (χ2n) is 8.86. The predicted octanol–water partition coefficient (Wildman–Crippen LogP) is 6.12. The number of rotatable bonds is 7. The fourth-order valence-electron chi connectivity index (χ4n) is 4.63. The number of alkyl halides is 1. The summed E-state index contributed by atoms with van der Waals surface area (Å²) in [5.41, 5.74) is 6.66. The lowest BCUT2D eigenvalue weighted by Gasteiger charge is -2.31. The summed E-state index contributed by atoms with van der Waals surface area (Å²) in [6, 6.07) is 19.7. The van der Waals surface area contributed by atoms with Crippen LogP contribution >= 0.6 is 0 Å². The van der Waals surface area contributed by atoms with Crippen LogP contribution in [0.4, 0.5) is 10.1 Å². The number of nitrogens with zero attached hydrogens (tertiary/aromatic N) is 2. The molecular formula is C28H27FN2O4. The van der Waals surface area contributed by atoms with E-state index < -0.39 is 12.6 Å². The number of carboxylic acid groups (broad SMARTS) is 1. The Balaban J connectivity index is 1.35. The van der Waals surface area contributed by atoms with Crippen molar-refractivity contribution < 1.29 is 23.4 Å². The van der Waals surface area contributed by atoms with E-state index in [1.54, 1.807) is 0 Å². The van der Waals surface area contributed by atoms with E-state index in [1.807, 2.05) is 55.5 Å². The van der Waals surface area contributed by atoms with Gasteiger partial charge in [0, 0.05) is 24.3 Å². The molecule has 5 rings (SSSR count). The van der Waals surface area contributed by atoms with Crippen LogP contribution in [0.25, 0.3) is 33.7 Å². The number of oxazole rings is 1. The van der Waals surface area contributed by atoms with E-state index in [4.69, 9.17) is 14.1 Å². The number of benzene rings is 3. The Morgan fingerprint density at radius 3 is 2.51 bits per heavy atom. The summed E-state index contributed by atoms with van der Waals surface area (Å²) in [6.45, 7) is 3.04. The molecule has 0 amide bonds. The third kappa shape index (κ3) is 4.85. The Bertz CT molecular complexity index is 1340. The van der Waals surface area contributed by atoms with Gasteiger partial charge in [0.1, 0.15) is 24.5 Å². The molecule has 2 heterocycles. The van der Waals surface area contributed by atoms with Crippen molar-refractivity contribution >= 4 is 22.8 Å². The second kappa shape index (κ2) is 9.78. The number of fused-ring (bicyclic) bond motifs is 1. The van der Waals surface area contributed by atoms with Gasteiger partial charge in [-0.1, -0.05) is 18.2 Å². The molecule has 7 heteroatoms. The van der Waals surface area contributed by atoms with Crippen molar-refractivity contribution in [3.63, 3.8) is 0 Å². The molecule has 4 aromatic rings. The lowest BCUT2D eigenvalue weighted by Crippen LogP contribution is -2.36. The number of piperidine rings is 1. The molecule has 1 aromatic heterocycles. The zero-order valence-corrected chi connectivity index (χ0v) is 19.5. The molecule has 1 aliphatic rings. The van der Waals surface area contributed by atoms with Gasteiger partial charge >= 0.3 is 5.97 Å². The molecule has 180 valence electrons. The highest BCUT2D eigenvalue weighted by Gasteiger charge is 2.25. The van der Waals surface area contributed by atoms with Crippen LogP contribution in [0.1, 0.15) is 18.4 Å². The highest BCUT2D eigenvalue weighted by molar-refractivity contribution is 5.81. The van der Waals surface area contributed by atoms with Gasteiger partial charge in [-0.05, 0) is 78.9 Å². The predicted molar refractivity (Wildman–Crippen MR) is 134 cm³/mol. The van der Waals surface area contributed by atoms with Crippen LogP contribution in [0.3, 0.4) is 0 Å². The van der Waals surface area contributed by atoms with Crippen molar-refractivity contribution in [3.05, 3.63) is 66.2 Å². The Labute approximate surface area is 203 Å². The fraction of sp³-hybridized carbons (Fsp3) is 0.286. The number of hydrogen-bond acceptors (Lipinski definition) is 5. The van der Waals surface area contributed by atoms with Gasteiger partial charge in [-0.3, -0.25) is 4.79 Å². The highest BCUT2D eigenvalue weighted by Crippen LogP contribution is 2.32. The monoisotopic (exact) mass is 474 g/mol. The van der Waals surface area contributed by atoms with Gasteiger partial charge in [0.15, 0.2) is 5.58 Å². The number of hydrogen-bond donors (Lipinski definition) is 1. The minimum Gasteiger partial charge on any atom is -0.491 e. The maximum atomic E-state index is 12.3. The minimum atomic E-state index is -0.706. The van der Waals surface area contributed by atoms with Gasteiger partial charge in [-0.2, -0.15) is 0 Å². The van der Waals surface area contributed by atoms with Gasteiger partial charge in [0.2, 0.25) is 5.89 Å². The first kappa shape index (κ1) is 22.9. The van der Waals surface area contributed by atoms with E-state index >= 15 is 0 Å². The molecule has 0 bridgehead atoms. The molecule has 1 fully saturated rings. The lowest BCUT2D eigenvalue weighted by atomic mass is 9.97. The molecule has 0 atom stereocenters. The third-order valence-electron chi connectivity index (χ3n) is 6.57. The number of aliphatic carboxylic acids is 1. The summed E-state index contributed by atoms with van der Waals surface area (Å²) in [5, 5.41) is 9.23. The van der Waals surface area contributed by atoms with E-state index in [0.717, 1.165) is 52.1 Å². The van der Waals surface area contributed by atoms with Crippen LogP contribution in [0.15, 0.2) is 65.1 Å². The molecule has 35 heavy (non-hydrogen) atoms. The van der Waals surface area contributed by atoms with E-state index in [-0.39, 0.29) is 12.5 Å². The van der Waals surface area contributed by atoms with Crippen LogP contribution in [0, 0.1) is 12.8 Å². The summed E-state index contributed by atoms with van der Waals surface area (Å²) in [5.74, 6) is 0.249. The molecule has 1 aliphatic heterocycles. The van der Waals surface area contributed by atoms with Crippen LogP contribution in [0.2, 0.25) is 0 Å². The first-order valence-electron chi connectivity index (χ1n) is 11.8. The first-order valence-corrected chi connectivity index (χ1v) is 11.8. The van der Waals surface area contributed by atoms with Crippen molar-refractivity contribution in [2.45, 2.75) is 19.8 Å². The molecule has 0 radical (unpaired) electrons. The molecule has 0 saturated carbocycles. The summed E-state index contributed by atoms with van der Waals surface area (Å²) in [4.78, 5) is 18.2. The number of aryl methyl sites for hydroxylation is 1. The molecule has 1 N–H and O–H groups in total. The maximum absolute atomic E-state index is 12.3. The van der Waals surface area contributed by atoms with Gasteiger partial charge in [0.25, 0.3) is 0 Å². The molecule has 3 aromatic carbocycles. The summed E-state index contributed by atoms with van der Waals surface area (Å²) < 4.78 is 23.7. The number of anilines is 1. The van der Waals surface area contributed by atoms with Crippen LogP contribution in [0.5, 0.6) is 5.75 Å². The van der Waals surface area contributed by atoms with Crippen molar-refractivity contribution in [1.29, 1.82) is 0 Å². The van der Waals surface area contributed by atoms with Crippen molar-refractivity contribution in [3.8, 4) is 28.3 Å². The topological polar surface area (TPSA) is 75.8 Å². The first-order chi connectivity index (χ1) is 17.0. The average Bonchev–Trinajstić information content (AvgIpc) is 3.31. The third-order valence-corrected chi connectivity index (χ3v) is 6.57. The van der Waals surface area contributed by atoms with Crippen molar-refractivity contribution in [2.24, 2.45) is 5.92 Å². The van der Waals surface area contributed by atoms with Crippen molar-refractivity contribution in [1.82, 2.24) is 4.98 Å². The van der Waals surface area contributed by atoms with Gasteiger partial charge in [0.05, 0.1) is 5.92 Å². The zero-order chi connectivity index (χ0) is 24.4. The highest BCUT2D eigenvalue weighted by atomic mass is 19.1. The Hall–Kier alpha value is -3.87. The van der Waals surface area contributed by atoms with Gasteiger partial charge in [-0.15, -0.1) is 0 Å². The number of ether oxygens (including phenoxy) is 1. The number of halogens is 1. The Morgan fingerprint density at radius 1 is 1.09 bits per heavy atom. The van der Waals surface area contributed by atoms with Gasteiger partial charge < -0.3 is 19.2 Å². The standard InChI is InChI=1S/C28H27FN2O4/c1-18-16-21(4-8-24(18)19-2-6-23(7-3-19)34-15-12-29)27-30-25-17-22(5-9-26(25)35-27)31-13-10-20(11-14-31)28(32)33/h2-9,16-17,20H,10-15H2,1H3,(H,32,33). The molecular weight excluding hydrogens is 447 g/mol. The number of carbonyl (C=O) groups is 1. The molecule has 6 nitrogen and oxygen atoms in total. The largest absolute Gasteiger partial charge is 0.491 e. The van der Waals surface area contributed by atoms with E-state index in [9.17, 15) is 14.3 Å². The summed E-state index contributed by atoms with van der Waals surface area (Å²) >= 11 is 0. The Kier molecular flexibility index (Phi) is 6.40. The molecule has 0 unspecified atom stereocenters. The number of aromatic nitrogens is 1. The molecule has 0 aliphatic carbocycles. The van der Waals surface area contributed by atoms with Crippen LogP contribution in [-0.4, -0.2) is 42.4 Å². The SMILES string of the molecule is Cc1cc(-c2nc3cc(N4CCC(C(=O)O)CC4)ccc3o2)ccc1-c1ccc(OCCF)cc1. The average molecular weight is 475 g/mol. The smallest absolute Gasteiger partial charge is 0.306 e. The van der Waals surface area contributed by atoms with Crippen LogP contribution < -0.4 is 9.64 Å². The normalized spacial score (nSPS) is 14.4. The zero-order valence-electron chi connectivity index (χ0n) is 19.5. The fourth-order valence-corrected chi connectivity index (χ4v) is 4.63.